The highest BCUT2D eigenvalue weighted by molar-refractivity contribution is 7.86. The Balaban J connectivity index is 2.19. The molecule has 3 rings (SSSR count). The van der Waals surface area contributed by atoms with Gasteiger partial charge in [-0.3, -0.25) is 4.79 Å². The van der Waals surface area contributed by atoms with Crippen LogP contribution in [0.15, 0.2) is 51.7 Å². The minimum absolute atomic E-state index is 0.0896. The molecule has 0 N–H and O–H groups in total. The Morgan fingerprint density at radius 1 is 1.08 bits per heavy atom. The molecule has 2 aromatic carbocycles. The molecule has 0 unspecified atom stereocenters. The van der Waals surface area contributed by atoms with E-state index in [0.29, 0.717) is 27.3 Å². The first-order chi connectivity index (χ1) is 11.2. The molecule has 124 valence electrons. The molecule has 0 aliphatic rings. The van der Waals surface area contributed by atoms with Crippen LogP contribution in [0.3, 0.4) is 0 Å². The predicted molar refractivity (Wildman–Crippen MR) is 93.1 cm³/mol. The maximum Gasteiger partial charge on any atom is 0.306 e. The van der Waals surface area contributed by atoms with E-state index in [1.165, 1.54) is 18.2 Å². The van der Waals surface area contributed by atoms with Crippen molar-refractivity contribution in [3.8, 4) is 16.9 Å². The average molecular weight is 365 g/mol. The highest BCUT2D eigenvalue weighted by atomic mass is 35.5. The standard InChI is InChI=1S/C17H13ClO5S/c1-10-16(11-3-5-12(18)6-4-11)17(19)14-8-7-13(9-15(14)22-10)23-24(2,20)21/h3-9H,1-2H3. The van der Waals surface area contributed by atoms with Crippen LogP contribution in [0, 0.1) is 6.92 Å². The van der Waals surface area contributed by atoms with Crippen LogP contribution in [-0.4, -0.2) is 14.7 Å². The third-order valence-electron chi connectivity index (χ3n) is 3.42. The lowest BCUT2D eigenvalue weighted by Crippen LogP contribution is -2.09. The Morgan fingerprint density at radius 2 is 1.75 bits per heavy atom. The van der Waals surface area contributed by atoms with E-state index in [4.69, 9.17) is 20.2 Å². The van der Waals surface area contributed by atoms with Crippen molar-refractivity contribution in [2.75, 3.05) is 6.26 Å². The van der Waals surface area contributed by atoms with Gasteiger partial charge in [0.05, 0.1) is 17.2 Å². The fourth-order valence-electron chi connectivity index (χ4n) is 2.46. The summed E-state index contributed by atoms with van der Waals surface area (Å²) in [5.41, 5.74) is 1.19. The van der Waals surface area contributed by atoms with Gasteiger partial charge in [0.25, 0.3) is 0 Å². The zero-order chi connectivity index (χ0) is 17.5. The smallest absolute Gasteiger partial charge is 0.306 e. The van der Waals surface area contributed by atoms with Gasteiger partial charge >= 0.3 is 10.1 Å². The molecule has 0 aliphatic heterocycles. The molecule has 0 amide bonds. The van der Waals surface area contributed by atoms with Crippen LogP contribution in [0.4, 0.5) is 0 Å². The maximum atomic E-state index is 12.8. The molecule has 24 heavy (non-hydrogen) atoms. The molecular formula is C17H13ClO5S. The monoisotopic (exact) mass is 364 g/mol. The van der Waals surface area contributed by atoms with Gasteiger partial charge in [-0.15, -0.1) is 0 Å². The summed E-state index contributed by atoms with van der Waals surface area (Å²) in [6, 6.07) is 11.2. The van der Waals surface area contributed by atoms with Crippen molar-refractivity contribution in [1.82, 2.24) is 0 Å². The number of halogens is 1. The summed E-state index contributed by atoms with van der Waals surface area (Å²) in [7, 11) is -3.65. The zero-order valence-electron chi connectivity index (χ0n) is 12.9. The van der Waals surface area contributed by atoms with Crippen LogP contribution in [0.25, 0.3) is 22.1 Å². The number of hydrogen-bond donors (Lipinski definition) is 0. The average Bonchev–Trinajstić information content (AvgIpc) is 2.47. The number of fused-ring (bicyclic) bond motifs is 1. The van der Waals surface area contributed by atoms with Gasteiger partial charge in [-0.25, -0.2) is 0 Å². The molecule has 0 aliphatic carbocycles. The largest absolute Gasteiger partial charge is 0.460 e. The molecule has 0 fully saturated rings. The van der Waals surface area contributed by atoms with Crippen molar-refractivity contribution in [2.45, 2.75) is 6.92 Å². The third kappa shape index (κ3) is 3.29. The number of benzene rings is 2. The Hall–Kier alpha value is -2.31. The summed E-state index contributed by atoms with van der Waals surface area (Å²) in [4.78, 5) is 12.8. The summed E-state index contributed by atoms with van der Waals surface area (Å²) >= 11 is 5.88. The van der Waals surface area contributed by atoms with Gasteiger partial charge in [0.1, 0.15) is 17.1 Å². The van der Waals surface area contributed by atoms with E-state index in [2.05, 4.69) is 0 Å². The fraction of sp³-hybridized carbons (Fsp3) is 0.118. The van der Waals surface area contributed by atoms with Crippen molar-refractivity contribution in [1.29, 1.82) is 0 Å². The van der Waals surface area contributed by atoms with Crippen molar-refractivity contribution < 1.29 is 17.0 Å². The number of hydrogen-bond acceptors (Lipinski definition) is 5. The lowest BCUT2D eigenvalue weighted by atomic mass is 10.0. The summed E-state index contributed by atoms with van der Waals surface area (Å²) < 4.78 is 32.9. The van der Waals surface area contributed by atoms with Crippen LogP contribution in [-0.2, 0) is 10.1 Å². The van der Waals surface area contributed by atoms with Gasteiger partial charge in [0, 0.05) is 11.1 Å². The van der Waals surface area contributed by atoms with Crippen molar-refractivity contribution in [3.05, 3.63) is 63.5 Å². The molecule has 0 spiro atoms. The van der Waals surface area contributed by atoms with E-state index in [9.17, 15) is 13.2 Å². The van der Waals surface area contributed by atoms with E-state index >= 15 is 0 Å². The SMILES string of the molecule is Cc1oc2cc(OS(C)(=O)=O)ccc2c(=O)c1-c1ccc(Cl)cc1. The Kier molecular flexibility index (Phi) is 4.11. The normalized spacial score (nSPS) is 11.6. The third-order valence-corrected chi connectivity index (χ3v) is 4.17. The molecule has 0 saturated heterocycles. The van der Waals surface area contributed by atoms with Crippen LogP contribution in [0.2, 0.25) is 5.02 Å². The van der Waals surface area contributed by atoms with Crippen molar-refractivity contribution in [2.24, 2.45) is 0 Å². The topological polar surface area (TPSA) is 73.6 Å². The molecule has 0 atom stereocenters. The van der Waals surface area contributed by atoms with Crippen LogP contribution >= 0.6 is 11.6 Å². The highest BCUT2D eigenvalue weighted by Gasteiger charge is 2.15. The van der Waals surface area contributed by atoms with Crippen molar-refractivity contribution in [3.63, 3.8) is 0 Å². The molecule has 3 aromatic rings. The quantitative estimate of drug-likeness (QED) is 0.661. The van der Waals surface area contributed by atoms with E-state index in [0.717, 1.165) is 6.26 Å². The first-order valence-corrected chi connectivity index (χ1v) is 9.17. The molecular weight excluding hydrogens is 352 g/mol. The Labute approximate surface area is 143 Å². The Bertz CT molecular complexity index is 1080. The number of rotatable bonds is 3. The first kappa shape index (κ1) is 16.5. The summed E-state index contributed by atoms with van der Waals surface area (Å²) in [5.74, 6) is 0.512. The highest BCUT2D eigenvalue weighted by Crippen LogP contribution is 2.27. The van der Waals surface area contributed by atoms with Crippen LogP contribution in [0.5, 0.6) is 5.75 Å². The van der Waals surface area contributed by atoms with Gasteiger partial charge in [0.2, 0.25) is 5.43 Å². The molecule has 0 bridgehead atoms. The summed E-state index contributed by atoms with van der Waals surface area (Å²) in [5, 5.41) is 0.913. The minimum atomic E-state index is -3.65. The molecule has 0 saturated carbocycles. The zero-order valence-corrected chi connectivity index (χ0v) is 14.4. The van der Waals surface area contributed by atoms with Gasteiger partial charge in [0.15, 0.2) is 0 Å². The van der Waals surface area contributed by atoms with Gasteiger partial charge < -0.3 is 8.60 Å². The van der Waals surface area contributed by atoms with Gasteiger partial charge in [-0.05, 0) is 36.8 Å². The second-order valence-electron chi connectivity index (χ2n) is 5.31. The summed E-state index contributed by atoms with van der Waals surface area (Å²) in [6.07, 6.45) is 0.947. The summed E-state index contributed by atoms with van der Waals surface area (Å²) in [6.45, 7) is 1.68. The molecule has 0 radical (unpaired) electrons. The molecule has 5 nitrogen and oxygen atoms in total. The molecule has 1 aromatic heterocycles. The Morgan fingerprint density at radius 3 is 2.38 bits per heavy atom. The molecule has 1 heterocycles. The van der Waals surface area contributed by atoms with Crippen molar-refractivity contribution >= 4 is 32.7 Å². The van der Waals surface area contributed by atoms with E-state index in [1.54, 1.807) is 31.2 Å². The van der Waals surface area contributed by atoms with Crippen LogP contribution in [0.1, 0.15) is 5.76 Å². The van der Waals surface area contributed by atoms with Gasteiger partial charge in [-0.1, -0.05) is 23.7 Å². The maximum absolute atomic E-state index is 12.8. The lowest BCUT2D eigenvalue weighted by molar-refractivity contribution is 0.492. The number of aryl methyl sites for hydroxylation is 1. The first-order valence-electron chi connectivity index (χ1n) is 6.97. The fourth-order valence-corrected chi connectivity index (χ4v) is 3.04. The lowest BCUT2D eigenvalue weighted by Gasteiger charge is -2.08. The van der Waals surface area contributed by atoms with Crippen LogP contribution < -0.4 is 9.61 Å². The van der Waals surface area contributed by atoms with E-state index in [-0.39, 0.29) is 16.8 Å². The molecule has 7 heteroatoms. The van der Waals surface area contributed by atoms with E-state index < -0.39 is 10.1 Å². The predicted octanol–water partition coefficient (Wildman–Crippen LogP) is 3.76. The minimum Gasteiger partial charge on any atom is -0.460 e. The second kappa shape index (κ2) is 5.96. The second-order valence-corrected chi connectivity index (χ2v) is 7.33. The van der Waals surface area contributed by atoms with E-state index in [1.807, 2.05) is 0 Å². The van der Waals surface area contributed by atoms with Gasteiger partial charge in [-0.2, -0.15) is 8.42 Å².